The Morgan fingerprint density at radius 3 is 2.43 bits per heavy atom. The third kappa shape index (κ3) is 2.36. The minimum atomic E-state index is 0.894. The monoisotopic (exact) mass is 185 g/mol. The van der Waals surface area contributed by atoms with Crippen molar-refractivity contribution in [3.8, 4) is 0 Å². The van der Waals surface area contributed by atoms with Crippen molar-refractivity contribution in [2.24, 2.45) is 0 Å². The molecule has 0 saturated heterocycles. The quantitative estimate of drug-likeness (QED) is 0.730. The van der Waals surface area contributed by atoms with Crippen LogP contribution in [0, 0.1) is 0 Å². The molecule has 3 nitrogen and oxygen atoms in total. The molecule has 70 valence electrons. The van der Waals surface area contributed by atoms with Gasteiger partial charge >= 0.3 is 0 Å². The van der Waals surface area contributed by atoms with Crippen LogP contribution in [0.1, 0.15) is 11.4 Å². The van der Waals surface area contributed by atoms with E-state index in [0.29, 0.717) is 0 Å². The smallest absolute Gasteiger partial charge is 0.0590 e. The summed E-state index contributed by atoms with van der Waals surface area (Å²) < 4.78 is 0. The summed E-state index contributed by atoms with van der Waals surface area (Å²) in [6.45, 7) is 0. The van der Waals surface area contributed by atoms with E-state index in [2.05, 4.69) is 15.0 Å². The number of aryl methyl sites for hydroxylation is 2. The van der Waals surface area contributed by atoms with Crippen LogP contribution >= 0.6 is 0 Å². The Morgan fingerprint density at radius 1 is 0.857 bits per heavy atom. The van der Waals surface area contributed by atoms with Crippen molar-refractivity contribution in [1.29, 1.82) is 0 Å². The number of rotatable bonds is 3. The summed E-state index contributed by atoms with van der Waals surface area (Å²) in [7, 11) is 0. The Morgan fingerprint density at radius 2 is 1.71 bits per heavy atom. The molecule has 0 N–H and O–H groups in total. The first-order chi connectivity index (χ1) is 6.95. The summed E-state index contributed by atoms with van der Waals surface area (Å²) in [5.41, 5.74) is 2.11. The second-order valence-electron chi connectivity index (χ2n) is 3.02. The first-order valence-electron chi connectivity index (χ1n) is 4.60. The third-order valence-electron chi connectivity index (χ3n) is 1.98. The van der Waals surface area contributed by atoms with Crippen molar-refractivity contribution in [3.05, 3.63) is 54.4 Å². The van der Waals surface area contributed by atoms with Gasteiger partial charge in [0.15, 0.2) is 0 Å². The lowest BCUT2D eigenvalue weighted by atomic mass is 10.2. The van der Waals surface area contributed by atoms with Crippen molar-refractivity contribution < 1.29 is 0 Å². The molecule has 14 heavy (non-hydrogen) atoms. The highest BCUT2D eigenvalue weighted by molar-refractivity contribution is 5.06. The number of nitrogens with zero attached hydrogens (tertiary/aromatic N) is 3. The van der Waals surface area contributed by atoms with Gasteiger partial charge in [-0.25, -0.2) is 0 Å². The summed E-state index contributed by atoms with van der Waals surface area (Å²) in [6, 6.07) is 5.95. The third-order valence-corrected chi connectivity index (χ3v) is 1.98. The number of pyridine rings is 1. The molecular formula is C11H11N3. The van der Waals surface area contributed by atoms with Gasteiger partial charge < -0.3 is 0 Å². The largest absolute Gasteiger partial charge is 0.261 e. The lowest BCUT2D eigenvalue weighted by Crippen LogP contribution is -1.96. The van der Waals surface area contributed by atoms with Crippen LogP contribution in [0.5, 0.6) is 0 Å². The Bertz CT molecular complexity index is 333. The molecule has 0 amide bonds. The molecule has 0 radical (unpaired) electrons. The fraction of sp³-hybridized carbons (Fsp3) is 0.182. The van der Waals surface area contributed by atoms with Crippen LogP contribution in [-0.4, -0.2) is 15.0 Å². The summed E-state index contributed by atoms with van der Waals surface area (Å²) in [4.78, 5) is 12.5. The molecular weight excluding hydrogens is 174 g/mol. The highest BCUT2D eigenvalue weighted by Crippen LogP contribution is 2.00. The predicted octanol–water partition coefficient (Wildman–Crippen LogP) is 1.66. The average molecular weight is 185 g/mol. The molecule has 2 rings (SSSR count). The zero-order valence-corrected chi connectivity index (χ0v) is 7.80. The summed E-state index contributed by atoms with van der Waals surface area (Å²) in [5, 5.41) is 0. The molecule has 0 bridgehead atoms. The summed E-state index contributed by atoms with van der Waals surface area (Å²) >= 11 is 0. The maximum absolute atomic E-state index is 4.25. The molecule has 2 aromatic heterocycles. The summed E-state index contributed by atoms with van der Waals surface area (Å²) in [6.07, 6.45) is 8.82. The lowest BCUT2D eigenvalue weighted by molar-refractivity contribution is 0.869. The number of aromatic nitrogens is 3. The van der Waals surface area contributed by atoms with E-state index in [1.165, 1.54) is 0 Å². The van der Waals surface area contributed by atoms with Crippen molar-refractivity contribution in [2.45, 2.75) is 12.8 Å². The zero-order chi connectivity index (χ0) is 9.64. The van der Waals surface area contributed by atoms with Crippen molar-refractivity contribution in [3.63, 3.8) is 0 Å². The van der Waals surface area contributed by atoms with E-state index in [0.717, 1.165) is 24.2 Å². The Hall–Kier alpha value is -1.77. The van der Waals surface area contributed by atoms with E-state index < -0.39 is 0 Å². The molecule has 0 aliphatic heterocycles. The van der Waals surface area contributed by atoms with E-state index >= 15 is 0 Å². The lowest BCUT2D eigenvalue weighted by Gasteiger charge is -1.98. The fourth-order valence-electron chi connectivity index (χ4n) is 1.26. The maximum atomic E-state index is 4.25. The second kappa shape index (κ2) is 4.46. The summed E-state index contributed by atoms with van der Waals surface area (Å²) in [5.74, 6) is 0. The number of hydrogen-bond donors (Lipinski definition) is 0. The molecule has 0 fully saturated rings. The van der Waals surface area contributed by atoms with Gasteiger partial charge in [-0.1, -0.05) is 6.07 Å². The van der Waals surface area contributed by atoms with Gasteiger partial charge in [0.1, 0.15) is 0 Å². The molecule has 0 saturated carbocycles. The SMILES string of the molecule is c1ccc(CCc2cnccn2)nc1. The Balaban J connectivity index is 1.96. The van der Waals surface area contributed by atoms with Crippen LogP contribution in [0.3, 0.4) is 0 Å². The van der Waals surface area contributed by atoms with Gasteiger partial charge in [0.25, 0.3) is 0 Å². The zero-order valence-electron chi connectivity index (χ0n) is 7.80. The number of hydrogen-bond acceptors (Lipinski definition) is 3. The minimum absolute atomic E-state index is 0.894. The maximum Gasteiger partial charge on any atom is 0.0590 e. The van der Waals surface area contributed by atoms with Gasteiger partial charge in [-0.2, -0.15) is 0 Å². The average Bonchev–Trinajstić information content (AvgIpc) is 2.29. The topological polar surface area (TPSA) is 38.7 Å². The van der Waals surface area contributed by atoms with Crippen molar-refractivity contribution in [1.82, 2.24) is 15.0 Å². The molecule has 0 unspecified atom stereocenters. The van der Waals surface area contributed by atoms with E-state index in [-0.39, 0.29) is 0 Å². The van der Waals surface area contributed by atoms with Crippen LogP contribution in [-0.2, 0) is 12.8 Å². The van der Waals surface area contributed by atoms with Crippen LogP contribution in [0.15, 0.2) is 43.0 Å². The standard InChI is InChI=1S/C11H11N3/c1-2-6-13-10(3-1)4-5-11-9-12-7-8-14-11/h1-3,6-9H,4-5H2. The van der Waals surface area contributed by atoms with Crippen LogP contribution in [0.25, 0.3) is 0 Å². The van der Waals surface area contributed by atoms with Gasteiger partial charge in [-0.15, -0.1) is 0 Å². The van der Waals surface area contributed by atoms with Crippen LogP contribution in [0.2, 0.25) is 0 Å². The first kappa shape index (κ1) is 8.81. The van der Waals surface area contributed by atoms with Gasteiger partial charge in [-0.05, 0) is 25.0 Å². The van der Waals surface area contributed by atoms with Gasteiger partial charge in [0.2, 0.25) is 0 Å². The molecule has 2 heterocycles. The molecule has 2 aromatic rings. The van der Waals surface area contributed by atoms with E-state index in [9.17, 15) is 0 Å². The molecule has 0 atom stereocenters. The van der Waals surface area contributed by atoms with E-state index in [1.54, 1.807) is 18.6 Å². The van der Waals surface area contributed by atoms with Gasteiger partial charge in [0, 0.05) is 30.5 Å². The molecule has 0 aromatic carbocycles. The Kier molecular flexibility index (Phi) is 2.81. The van der Waals surface area contributed by atoms with Gasteiger partial charge in [-0.3, -0.25) is 15.0 Å². The normalized spacial score (nSPS) is 10.0. The fourth-order valence-corrected chi connectivity index (χ4v) is 1.26. The second-order valence-corrected chi connectivity index (χ2v) is 3.02. The Labute approximate surface area is 82.9 Å². The molecule has 0 aliphatic carbocycles. The molecule has 0 spiro atoms. The predicted molar refractivity (Wildman–Crippen MR) is 53.7 cm³/mol. The van der Waals surface area contributed by atoms with Gasteiger partial charge in [0.05, 0.1) is 5.69 Å². The highest BCUT2D eigenvalue weighted by atomic mass is 14.8. The first-order valence-corrected chi connectivity index (χ1v) is 4.60. The minimum Gasteiger partial charge on any atom is -0.261 e. The van der Waals surface area contributed by atoms with Crippen molar-refractivity contribution >= 4 is 0 Å². The van der Waals surface area contributed by atoms with Crippen LogP contribution < -0.4 is 0 Å². The van der Waals surface area contributed by atoms with Crippen LogP contribution in [0.4, 0.5) is 0 Å². The van der Waals surface area contributed by atoms with Crippen molar-refractivity contribution in [2.75, 3.05) is 0 Å². The van der Waals surface area contributed by atoms with E-state index in [1.807, 2.05) is 24.4 Å². The van der Waals surface area contributed by atoms with E-state index in [4.69, 9.17) is 0 Å². The molecule has 0 aliphatic rings. The molecule has 3 heteroatoms. The highest BCUT2D eigenvalue weighted by Gasteiger charge is 1.96.